The molecule has 10 heteroatoms. The zero-order chi connectivity index (χ0) is 26.3. The van der Waals surface area contributed by atoms with E-state index in [-0.39, 0.29) is 17.2 Å². The van der Waals surface area contributed by atoms with Crippen LogP contribution >= 0.6 is 11.3 Å². The van der Waals surface area contributed by atoms with Gasteiger partial charge in [0.25, 0.3) is 0 Å². The molecule has 8 nitrogen and oxygen atoms in total. The maximum atomic E-state index is 13.4. The van der Waals surface area contributed by atoms with Crippen molar-refractivity contribution in [1.29, 1.82) is 0 Å². The van der Waals surface area contributed by atoms with Gasteiger partial charge in [-0.25, -0.2) is 13.4 Å². The number of nitrogens with one attached hydrogen (secondary N) is 3. The lowest BCUT2D eigenvalue weighted by atomic mass is 9.93. The van der Waals surface area contributed by atoms with Gasteiger partial charge in [-0.3, -0.25) is 14.3 Å². The average Bonchev–Trinajstić information content (AvgIpc) is 3.30. The average molecular weight is 529 g/mol. The molecule has 0 fully saturated rings. The lowest BCUT2D eigenvalue weighted by Gasteiger charge is -2.23. The second-order valence-electron chi connectivity index (χ2n) is 9.59. The summed E-state index contributed by atoms with van der Waals surface area (Å²) in [5.41, 5.74) is 3.10. The summed E-state index contributed by atoms with van der Waals surface area (Å²) >= 11 is 1.48. The highest BCUT2D eigenvalue weighted by Gasteiger charge is 2.27. The molecule has 0 aliphatic carbocycles. The molecule has 1 heterocycles. The van der Waals surface area contributed by atoms with Gasteiger partial charge in [-0.2, -0.15) is 0 Å². The Balaban J connectivity index is 1.86. The second kappa shape index (κ2) is 12.1. The maximum Gasteiger partial charge on any atom is 0.243 e. The van der Waals surface area contributed by atoms with Crippen LogP contribution in [0.1, 0.15) is 55.6 Å². The van der Waals surface area contributed by atoms with Gasteiger partial charge in [-0.1, -0.05) is 63.2 Å². The smallest absolute Gasteiger partial charge is 0.243 e. The molecule has 3 aromatic rings. The first-order chi connectivity index (χ1) is 17.0. The van der Waals surface area contributed by atoms with E-state index >= 15 is 0 Å². The van der Waals surface area contributed by atoms with Crippen LogP contribution in [-0.4, -0.2) is 31.3 Å². The normalized spacial score (nSPS) is 13.1. The van der Waals surface area contributed by atoms with Crippen molar-refractivity contribution in [3.63, 3.8) is 0 Å². The molecule has 0 aliphatic rings. The quantitative estimate of drug-likeness (QED) is 0.301. The molecule has 0 saturated heterocycles. The molecule has 2 aromatic carbocycles. The number of carbonyl (C=O) groups excluding carboxylic acids is 2. The summed E-state index contributed by atoms with van der Waals surface area (Å²) < 4.78 is 24.2. The van der Waals surface area contributed by atoms with E-state index in [2.05, 4.69) is 36.1 Å². The number of amides is 2. The standard InChI is InChI=1S/C26H32N4O4S2/c1-17(31)27-21(14-18-8-6-5-7-9-18)24(32)28-22(25-29-23(16-35-25)26(2,3)4)15-19-10-12-20(13-11-19)30-36(33)34/h5-13,16,21-22,36H,14-15H2,1-4H3,(H,27,31)(H,28,32)(H,30,33,34)/t21-,22-/m0/s1. The number of anilines is 1. The molecule has 0 saturated carbocycles. The fourth-order valence-corrected chi connectivity index (χ4v) is 5.08. The maximum absolute atomic E-state index is 13.4. The van der Waals surface area contributed by atoms with E-state index in [0.29, 0.717) is 18.5 Å². The van der Waals surface area contributed by atoms with E-state index in [4.69, 9.17) is 4.98 Å². The molecule has 0 spiro atoms. The highest BCUT2D eigenvalue weighted by molar-refractivity contribution is 7.73. The summed E-state index contributed by atoms with van der Waals surface area (Å²) in [6, 6.07) is 15.3. The van der Waals surface area contributed by atoms with Gasteiger partial charge in [0.05, 0.1) is 11.7 Å². The van der Waals surface area contributed by atoms with Crippen LogP contribution in [0.25, 0.3) is 0 Å². The van der Waals surface area contributed by atoms with Gasteiger partial charge >= 0.3 is 0 Å². The van der Waals surface area contributed by atoms with Gasteiger partial charge in [-0.05, 0) is 29.7 Å². The van der Waals surface area contributed by atoms with E-state index in [9.17, 15) is 18.0 Å². The predicted octanol–water partition coefficient (Wildman–Crippen LogP) is 3.53. The van der Waals surface area contributed by atoms with Crippen molar-refractivity contribution >= 4 is 39.7 Å². The van der Waals surface area contributed by atoms with Gasteiger partial charge in [0.1, 0.15) is 11.0 Å². The summed E-state index contributed by atoms with van der Waals surface area (Å²) in [4.78, 5) is 30.1. The van der Waals surface area contributed by atoms with Crippen LogP contribution < -0.4 is 15.4 Å². The van der Waals surface area contributed by atoms with Crippen LogP contribution in [0.5, 0.6) is 0 Å². The Morgan fingerprint density at radius 1 is 0.944 bits per heavy atom. The van der Waals surface area contributed by atoms with Crippen LogP contribution in [-0.2, 0) is 38.7 Å². The number of thiazole rings is 1. The molecule has 0 radical (unpaired) electrons. The molecule has 192 valence electrons. The number of carbonyl (C=O) groups is 2. The number of rotatable bonds is 10. The summed E-state index contributed by atoms with van der Waals surface area (Å²) in [6.45, 7) is 7.64. The summed E-state index contributed by atoms with van der Waals surface area (Å²) in [6.07, 6.45) is 0.808. The fourth-order valence-electron chi connectivity index (χ4n) is 3.63. The number of hydrogen-bond acceptors (Lipinski definition) is 6. The van der Waals surface area contributed by atoms with Crippen LogP contribution in [0.3, 0.4) is 0 Å². The van der Waals surface area contributed by atoms with Gasteiger partial charge in [0, 0.05) is 29.8 Å². The molecule has 2 amide bonds. The topological polar surface area (TPSA) is 117 Å². The van der Waals surface area contributed by atoms with Crippen molar-refractivity contribution in [1.82, 2.24) is 15.6 Å². The van der Waals surface area contributed by atoms with E-state index in [0.717, 1.165) is 21.8 Å². The zero-order valence-electron chi connectivity index (χ0n) is 20.8. The summed E-state index contributed by atoms with van der Waals surface area (Å²) in [5.74, 6) is -0.583. The van der Waals surface area contributed by atoms with Gasteiger partial charge < -0.3 is 10.6 Å². The molecule has 0 bridgehead atoms. The van der Waals surface area contributed by atoms with Crippen molar-refractivity contribution < 1.29 is 18.0 Å². The molecule has 0 aliphatic heterocycles. The molecule has 36 heavy (non-hydrogen) atoms. The molecule has 3 N–H and O–H groups in total. The molecule has 0 unspecified atom stereocenters. The Morgan fingerprint density at radius 2 is 1.58 bits per heavy atom. The highest BCUT2D eigenvalue weighted by atomic mass is 32.2. The third kappa shape index (κ3) is 8.17. The van der Waals surface area contributed by atoms with Crippen molar-refractivity contribution in [3.8, 4) is 0 Å². The van der Waals surface area contributed by atoms with Crippen molar-refractivity contribution in [2.24, 2.45) is 0 Å². The number of nitrogens with zero attached hydrogens (tertiary/aromatic N) is 1. The van der Waals surface area contributed by atoms with Gasteiger partial charge in [0.2, 0.25) is 22.7 Å². The van der Waals surface area contributed by atoms with Crippen LogP contribution in [0.15, 0.2) is 60.0 Å². The van der Waals surface area contributed by atoms with E-state index < -0.39 is 23.0 Å². The number of thiol groups is 1. The van der Waals surface area contributed by atoms with Crippen molar-refractivity contribution in [3.05, 3.63) is 81.8 Å². The number of benzene rings is 2. The molecule has 3 rings (SSSR count). The Bertz CT molecular complexity index is 1240. The minimum Gasteiger partial charge on any atom is -0.345 e. The largest absolute Gasteiger partial charge is 0.345 e. The Hall–Kier alpha value is -3.24. The van der Waals surface area contributed by atoms with E-state index in [1.54, 1.807) is 12.1 Å². The SMILES string of the molecule is CC(=O)N[C@@H](Cc1ccccc1)C(=O)N[C@@H](Cc1ccc(N[SH](=O)=O)cc1)c1nc(C(C)(C)C)cs1. The Morgan fingerprint density at radius 3 is 2.14 bits per heavy atom. The van der Waals surface area contributed by atoms with Gasteiger partial charge in [0.15, 0.2) is 0 Å². The highest BCUT2D eigenvalue weighted by Crippen LogP contribution is 2.29. The molecular weight excluding hydrogens is 496 g/mol. The lowest BCUT2D eigenvalue weighted by molar-refractivity contribution is -0.128. The fraction of sp³-hybridized carbons (Fsp3) is 0.346. The second-order valence-corrected chi connectivity index (χ2v) is 11.2. The first-order valence-electron chi connectivity index (χ1n) is 11.6. The summed E-state index contributed by atoms with van der Waals surface area (Å²) in [7, 11) is -2.75. The minimum absolute atomic E-state index is 0.141. The van der Waals surface area contributed by atoms with E-state index in [1.165, 1.54) is 18.3 Å². The van der Waals surface area contributed by atoms with Crippen LogP contribution in [0, 0.1) is 0 Å². The summed E-state index contributed by atoms with van der Waals surface area (Å²) in [5, 5.41) is 8.64. The third-order valence-corrected chi connectivity index (χ3v) is 6.89. The minimum atomic E-state index is -2.75. The first kappa shape index (κ1) is 27.3. The monoisotopic (exact) mass is 528 g/mol. The Labute approximate surface area is 217 Å². The first-order valence-corrected chi connectivity index (χ1v) is 13.6. The van der Waals surface area contributed by atoms with E-state index in [1.807, 2.05) is 47.8 Å². The molecule has 1 aromatic heterocycles. The Kier molecular flexibility index (Phi) is 9.22. The predicted molar refractivity (Wildman–Crippen MR) is 144 cm³/mol. The van der Waals surface area contributed by atoms with Crippen molar-refractivity contribution in [2.75, 3.05) is 4.72 Å². The van der Waals surface area contributed by atoms with Crippen molar-refractivity contribution in [2.45, 2.75) is 58.0 Å². The molecular formula is C26H32N4O4S2. The van der Waals surface area contributed by atoms with Gasteiger partial charge in [-0.15, -0.1) is 11.3 Å². The third-order valence-electron chi connectivity index (χ3n) is 5.50. The van der Waals surface area contributed by atoms with Crippen LogP contribution in [0.2, 0.25) is 0 Å². The lowest BCUT2D eigenvalue weighted by Crippen LogP contribution is -2.48. The van der Waals surface area contributed by atoms with Crippen LogP contribution in [0.4, 0.5) is 5.69 Å². The zero-order valence-corrected chi connectivity index (χ0v) is 22.5. The number of aromatic nitrogens is 1. The number of hydrogen-bond donors (Lipinski definition) is 4. The molecule has 2 atom stereocenters.